The normalized spacial score (nSPS) is 28.2. The lowest BCUT2D eigenvalue weighted by atomic mass is 9.63. The minimum Gasteiger partial charge on any atom is -0.494 e. The van der Waals surface area contributed by atoms with Gasteiger partial charge in [0.1, 0.15) is 0 Å². The molecule has 0 bridgehead atoms. The van der Waals surface area contributed by atoms with Crippen LogP contribution in [0.3, 0.4) is 0 Å². The van der Waals surface area contributed by atoms with Crippen LogP contribution in [0.2, 0.25) is 0 Å². The van der Waals surface area contributed by atoms with E-state index in [4.69, 9.17) is 10.5 Å². The van der Waals surface area contributed by atoms with E-state index in [0.717, 1.165) is 24.9 Å². The highest BCUT2D eigenvalue weighted by Crippen LogP contribution is 2.45. The molecule has 2 atom stereocenters. The fraction of sp³-hybridized carbons (Fsp3) is 0.647. The first-order chi connectivity index (χ1) is 9.82. The number of rotatable bonds is 4. The highest BCUT2D eigenvalue weighted by molar-refractivity contribution is 5.51. The lowest BCUT2D eigenvalue weighted by Crippen LogP contribution is -2.55. The average Bonchev–Trinajstić information content (AvgIpc) is 2.43. The molecule has 0 spiro atoms. The number of hydrogen-bond acceptors (Lipinski definition) is 3. The molecule has 1 fully saturated rings. The molecule has 2 rings (SSSR count). The molecule has 1 aliphatic carbocycles. The summed E-state index contributed by atoms with van der Waals surface area (Å²) in [5.74, 6) is 0.376. The SMILES string of the molecule is COc1cc(NC2(CN)CCC(C)(C)CC2C)ccc1F. The van der Waals surface area contributed by atoms with Gasteiger partial charge in [-0.15, -0.1) is 0 Å². The van der Waals surface area contributed by atoms with Crippen LogP contribution in [0, 0.1) is 17.2 Å². The molecular weight excluding hydrogens is 267 g/mol. The second-order valence-electron chi connectivity index (χ2n) is 7.10. The summed E-state index contributed by atoms with van der Waals surface area (Å²) in [6, 6.07) is 4.89. The summed E-state index contributed by atoms with van der Waals surface area (Å²) in [5, 5.41) is 3.56. The predicted molar refractivity (Wildman–Crippen MR) is 85.2 cm³/mol. The third-order valence-corrected chi connectivity index (χ3v) is 4.96. The molecule has 0 amide bonds. The van der Waals surface area contributed by atoms with Gasteiger partial charge in [-0.05, 0) is 42.7 Å². The summed E-state index contributed by atoms with van der Waals surface area (Å²) in [5.41, 5.74) is 7.20. The van der Waals surface area contributed by atoms with Gasteiger partial charge in [-0.25, -0.2) is 4.39 Å². The van der Waals surface area contributed by atoms with E-state index in [2.05, 4.69) is 26.1 Å². The lowest BCUT2D eigenvalue weighted by molar-refractivity contribution is 0.120. The second kappa shape index (κ2) is 5.84. The van der Waals surface area contributed by atoms with E-state index in [1.54, 1.807) is 12.1 Å². The Morgan fingerprint density at radius 2 is 2.10 bits per heavy atom. The molecule has 0 aromatic heterocycles. The fourth-order valence-electron chi connectivity index (χ4n) is 3.50. The van der Waals surface area contributed by atoms with E-state index >= 15 is 0 Å². The Morgan fingerprint density at radius 1 is 1.38 bits per heavy atom. The van der Waals surface area contributed by atoms with Crippen LogP contribution in [0.15, 0.2) is 18.2 Å². The van der Waals surface area contributed by atoms with Crippen molar-refractivity contribution in [3.63, 3.8) is 0 Å². The van der Waals surface area contributed by atoms with Gasteiger partial charge in [0.2, 0.25) is 0 Å². The molecule has 1 saturated carbocycles. The number of methoxy groups -OCH3 is 1. The van der Waals surface area contributed by atoms with Crippen molar-refractivity contribution in [3.05, 3.63) is 24.0 Å². The summed E-state index contributed by atoms with van der Waals surface area (Å²) >= 11 is 0. The third kappa shape index (κ3) is 3.31. The van der Waals surface area contributed by atoms with Gasteiger partial charge in [0.25, 0.3) is 0 Å². The Balaban J connectivity index is 2.23. The molecule has 0 saturated heterocycles. The first-order valence-electron chi connectivity index (χ1n) is 7.64. The number of benzene rings is 1. The molecule has 0 aliphatic heterocycles. The molecule has 0 radical (unpaired) electrons. The molecule has 4 heteroatoms. The van der Waals surface area contributed by atoms with E-state index in [-0.39, 0.29) is 17.1 Å². The number of nitrogens with two attached hydrogens (primary N) is 1. The van der Waals surface area contributed by atoms with Gasteiger partial charge in [-0.1, -0.05) is 20.8 Å². The van der Waals surface area contributed by atoms with Crippen LogP contribution in [0.25, 0.3) is 0 Å². The fourth-order valence-corrected chi connectivity index (χ4v) is 3.50. The molecule has 118 valence electrons. The van der Waals surface area contributed by atoms with Crippen LogP contribution in [0.1, 0.15) is 40.0 Å². The topological polar surface area (TPSA) is 47.3 Å². The zero-order valence-electron chi connectivity index (χ0n) is 13.5. The number of nitrogens with one attached hydrogen (secondary N) is 1. The van der Waals surface area contributed by atoms with Gasteiger partial charge in [-0.3, -0.25) is 0 Å². The van der Waals surface area contributed by atoms with E-state index < -0.39 is 0 Å². The van der Waals surface area contributed by atoms with Crippen LogP contribution in [0.4, 0.5) is 10.1 Å². The van der Waals surface area contributed by atoms with Gasteiger partial charge >= 0.3 is 0 Å². The van der Waals surface area contributed by atoms with E-state index in [1.165, 1.54) is 13.2 Å². The van der Waals surface area contributed by atoms with Crippen LogP contribution in [0.5, 0.6) is 5.75 Å². The first kappa shape index (κ1) is 16.1. The van der Waals surface area contributed by atoms with Crippen molar-refractivity contribution < 1.29 is 9.13 Å². The molecule has 1 aromatic rings. The summed E-state index contributed by atoms with van der Waals surface area (Å²) in [6.45, 7) is 7.45. The molecule has 1 aliphatic rings. The largest absolute Gasteiger partial charge is 0.494 e. The highest BCUT2D eigenvalue weighted by Gasteiger charge is 2.42. The molecular formula is C17H27FN2O. The van der Waals surface area contributed by atoms with Gasteiger partial charge in [-0.2, -0.15) is 0 Å². The summed E-state index contributed by atoms with van der Waals surface area (Å²) in [7, 11) is 1.48. The quantitative estimate of drug-likeness (QED) is 0.888. The maximum atomic E-state index is 13.5. The number of ether oxygens (including phenoxy) is 1. The minimum atomic E-state index is -0.345. The standard InChI is InChI=1S/C17H27FN2O/c1-12-10-16(2,3)7-8-17(12,11-19)20-13-5-6-14(18)15(9-13)21-4/h5-6,9,12,20H,7-8,10-11,19H2,1-4H3. The van der Waals surface area contributed by atoms with Crippen LogP contribution < -0.4 is 15.8 Å². The predicted octanol–water partition coefficient (Wildman–Crippen LogP) is 3.79. The number of hydrogen-bond donors (Lipinski definition) is 2. The van der Waals surface area contributed by atoms with E-state index in [1.807, 2.05) is 0 Å². The van der Waals surface area contributed by atoms with Crippen LogP contribution >= 0.6 is 0 Å². The third-order valence-electron chi connectivity index (χ3n) is 4.96. The van der Waals surface area contributed by atoms with Crippen molar-refractivity contribution in [1.29, 1.82) is 0 Å². The van der Waals surface area contributed by atoms with Gasteiger partial charge < -0.3 is 15.8 Å². The Kier molecular flexibility index (Phi) is 4.47. The van der Waals surface area contributed by atoms with Crippen molar-refractivity contribution in [1.82, 2.24) is 0 Å². The molecule has 21 heavy (non-hydrogen) atoms. The molecule has 0 heterocycles. The first-order valence-corrected chi connectivity index (χ1v) is 7.64. The maximum Gasteiger partial charge on any atom is 0.165 e. The van der Waals surface area contributed by atoms with Crippen LogP contribution in [-0.2, 0) is 0 Å². The zero-order chi connectivity index (χ0) is 15.7. The number of halogens is 1. The van der Waals surface area contributed by atoms with Gasteiger partial charge in [0, 0.05) is 18.3 Å². The van der Waals surface area contributed by atoms with Crippen LogP contribution in [-0.4, -0.2) is 19.2 Å². The van der Waals surface area contributed by atoms with Crippen molar-refractivity contribution in [3.8, 4) is 5.75 Å². The molecule has 1 aromatic carbocycles. The Hall–Kier alpha value is -1.29. The zero-order valence-corrected chi connectivity index (χ0v) is 13.5. The summed E-state index contributed by atoms with van der Waals surface area (Å²) < 4.78 is 18.6. The Morgan fingerprint density at radius 3 is 2.67 bits per heavy atom. The average molecular weight is 294 g/mol. The van der Waals surface area contributed by atoms with E-state index in [0.29, 0.717) is 17.9 Å². The second-order valence-corrected chi connectivity index (χ2v) is 7.10. The molecule has 3 N–H and O–H groups in total. The summed E-state index contributed by atoms with van der Waals surface area (Å²) in [6.07, 6.45) is 3.30. The van der Waals surface area contributed by atoms with Gasteiger partial charge in [0.05, 0.1) is 12.6 Å². The Bertz CT molecular complexity index is 504. The Labute approximate surface area is 127 Å². The molecule has 3 nitrogen and oxygen atoms in total. The molecule has 2 unspecified atom stereocenters. The smallest absolute Gasteiger partial charge is 0.165 e. The van der Waals surface area contributed by atoms with Crippen molar-refractivity contribution in [2.75, 3.05) is 19.0 Å². The lowest BCUT2D eigenvalue weighted by Gasteiger charge is -2.49. The highest BCUT2D eigenvalue weighted by atomic mass is 19.1. The number of anilines is 1. The van der Waals surface area contributed by atoms with E-state index in [9.17, 15) is 4.39 Å². The summed E-state index contributed by atoms with van der Waals surface area (Å²) in [4.78, 5) is 0. The van der Waals surface area contributed by atoms with Crippen molar-refractivity contribution in [2.24, 2.45) is 17.1 Å². The van der Waals surface area contributed by atoms with Crippen molar-refractivity contribution in [2.45, 2.75) is 45.6 Å². The van der Waals surface area contributed by atoms with Crippen molar-refractivity contribution >= 4 is 5.69 Å². The minimum absolute atomic E-state index is 0.127. The van der Waals surface area contributed by atoms with Gasteiger partial charge in [0.15, 0.2) is 11.6 Å². The monoisotopic (exact) mass is 294 g/mol. The maximum absolute atomic E-state index is 13.5.